The molecule has 2 heterocycles. The topological polar surface area (TPSA) is 108 Å². The third-order valence-electron chi connectivity index (χ3n) is 6.52. The fourth-order valence-electron chi connectivity index (χ4n) is 4.42. The molecule has 9 nitrogen and oxygen atoms in total. The van der Waals surface area contributed by atoms with Gasteiger partial charge in [-0.05, 0) is 36.0 Å². The first-order valence-corrected chi connectivity index (χ1v) is 13.1. The number of hydrogen-bond donors (Lipinski definition) is 2. The largest absolute Gasteiger partial charge is 0.487 e. The van der Waals surface area contributed by atoms with Crippen LogP contribution in [0.15, 0.2) is 36.4 Å². The van der Waals surface area contributed by atoms with Crippen LogP contribution in [-0.4, -0.2) is 44.9 Å². The number of carbonyl (C=O) groups is 2. The minimum Gasteiger partial charge on any atom is -0.487 e. The van der Waals surface area contributed by atoms with Crippen LogP contribution in [0.5, 0.6) is 5.75 Å². The van der Waals surface area contributed by atoms with Gasteiger partial charge in [0.1, 0.15) is 24.6 Å². The van der Waals surface area contributed by atoms with Gasteiger partial charge in [0.15, 0.2) is 5.82 Å². The second kappa shape index (κ2) is 9.37. The van der Waals surface area contributed by atoms with Crippen molar-refractivity contribution in [2.75, 3.05) is 23.9 Å². The molecular formula is C24H27FN4O5S. The molecule has 2 N–H and O–H groups in total. The molecule has 2 aromatic carbocycles. The lowest BCUT2D eigenvalue weighted by atomic mass is 9.97. The standard InChI is InChI=1S/C24H27FN4O5S/c25-22-19-13-28(24(31)26-10-8-16-6-7-16)11-9-18(19)12-20(34-15-17-4-2-1-3-5-17)23(22)29-14-21(30)27-35(29,32)33/h1-5,12,16H,6-11,13-15H2,(H,26,31)(H,27,30). The highest BCUT2D eigenvalue weighted by Crippen LogP contribution is 2.40. The average molecular weight is 503 g/mol. The van der Waals surface area contributed by atoms with Crippen molar-refractivity contribution in [1.29, 1.82) is 0 Å². The van der Waals surface area contributed by atoms with E-state index >= 15 is 4.39 Å². The highest BCUT2D eigenvalue weighted by Gasteiger charge is 2.39. The van der Waals surface area contributed by atoms with E-state index in [2.05, 4.69) is 5.32 Å². The Hall–Kier alpha value is -3.34. The predicted molar refractivity (Wildman–Crippen MR) is 126 cm³/mol. The van der Waals surface area contributed by atoms with E-state index in [-0.39, 0.29) is 36.2 Å². The van der Waals surface area contributed by atoms with Crippen LogP contribution in [0.1, 0.15) is 36.0 Å². The molecule has 2 aromatic rings. The lowest BCUT2D eigenvalue weighted by molar-refractivity contribution is -0.117. The summed E-state index contributed by atoms with van der Waals surface area (Å²) in [6.07, 6.45) is 3.73. The second-order valence-corrected chi connectivity index (χ2v) is 10.7. The SMILES string of the molecule is O=C1CN(c2c(OCc3ccccc3)cc3c(c2F)CN(C(=O)NCCC2CC2)CC3)S(=O)(=O)N1. The summed E-state index contributed by atoms with van der Waals surface area (Å²) in [4.78, 5) is 26.0. The molecule has 11 heteroatoms. The van der Waals surface area contributed by atoms with Gasteiger partial charge in [0.25, 0.3) is 5.91 Å². The molecule has 0 spiro atoms. The first-order chi connectivity index (χ1) is 16.8. The number of rotatable bonds is 7. The second-order valence-electron chi connectivity index (χ2n) is 9.12. The Morgan fingerprint density at radius 1 is 1.20 bits per heavy atom. The Bertz CT molecular complexity index is 1250. The van der Waals surface area contributed by atoms with E-state index in [4.69, 9.17) is 4.74 Å². The predicted octanol–water partition coefficient (Wildman–Crippen LogP) is 2.45. The van der Waals surface area contributed by atoms with Crippen molar-refractivity contribution in [2.45, 2.75) is 38.8 Å². The molecule has 3 amide bonds. The highest BCUT2D eigenvalue weighted by atomic mass is 32.2. The highest BCUT2D eigenvalue weighted by molar-refractivity contribution is 7.92. The number of benzene rings is 2. The van der Waals surface area contributed by atoms with Crippen molar-refractivity contribution in [3.05, 3.63) is 58.9 Å². The van der Waals surface area contributed by atoms with Gasteiger partial charge in [0.2, 0.25) is 0 Å². The van der Waals surface area contributed by atoms with Gasteiger partial charge in [0.05, 0.1) is 6.54 Å². The van der Waals surface area contributed by atoms with Crippen LogP contribution < -0.4 is 19.1 Å². The first-order valence-electron chi connectivity index (χ1n) is 11.7. The van der Waals surface area contributed by atoms with E-state index in [1.54, 1.807) is 6.07 Å². The number of carbonyl (C=O) groups excluding carboxylic acids is 2. The summed E-state index contributed by atoms with van der Waals surface area (Å²) in [5, 5.41) is 2.89. The van der Waals surface area contributed by atoms with Crippen molar-refractivity contribution >= 4 is 27.8 Å². The summed E-state index contributed by atoms with van der Waals surface area (Å²) in [6.45, 7) is 0.521. The molecule has 1 aliphatic carbocycles. The molecule has 3 aliphatic rings. The van der Waals surface area contributed by atoms with Crippen molar-refractivity contribution < 1.29 is 27.1 Å². The number of anilines is 1. The van der Waals surface area contributed by atoms with Crippen LogP contribution >= 0.6 is 0 Å². The maximum atomic E-state index is 16.0. The van der Waals surface area contributed by atoms with Crippen molar-refractivity contribution in [3.63, 3.8) is 0 Å². The van der Waals surface area contributed by atoms with Crippen molar-refractivity contribution in [3.8, 4) is 5.75 Å². The first kappa shape index (κ1) is 23.4. The number of nitrogens with one attached hydrogen (secondary N) is 2. The normalized spacial score (nSPS) is 18.7. The number of fused-ring (bicyclic) bond motifs is 1. The molecule has 2 fully saturated rings. The maximum absolute atomic E-state index is 16.0. The fraction of sp³-hybridized carbons (Fsp3) is 0.417. The molecule has 35 heavy (non-hydrogen) atoms. The zero-order valence-electron chi connectivity index (χ0n) is 19.1. The summed E-state index contributed by atoms with van der Waals surface area (Å²) in [5.74, 6) is -0.841. The summed E-state index contributed by atoms with van der Waals surface area (Å²) in [6, 6.07) is 10.6. The minimum atomic E-state index is -4.27. The molecule has 0 bridgehead atoms. The van der Waals surface area contributed by atoms with Gasteiger partial charge in [-0.3, -0.25) is 4.79 Å². The summed E-state index contributed by atoms with van der Waals surface area (Å²) >= 11 is 0. The van der Waals surface area contributed by atoms with E-state index in [0.717, 1.165) is 12.0 Å². The summed E-state index contributed by atoms with van der Waals surface area (Å²) in [7, 11) is -4.27. The molecule has 5 rings (SSSR count). The molecule has 0 unspecified atom stereocenters. The van der Waals surface area contributed by atoms with Crippen molar-refractivity contribution in [1.82, 2.24) is 14.9 Å². The molecular weight excluding hydrogens is 475 g/mol. The van der Waals surface area contributed by atoms with E-state index in [1.807, 2.05) is 35.1 Å². The summed E-state index contributed by atoms with van der Waals surface area (Å²) in [5.41, 5.74) is 1.37. The van der Waals surface area contributed by atoms with Gasteiger partial charge in [0, 0.05) is 18.7 Å². The smallest absolute Gasteiger partial charge is 0.326 e. The average Bonchev–Trinajstić information content (AvgIpc) is 3.61. The number of amides is 3. The van der Waals surface area contributed by atoms with Crippen LogP contribution in [0.2, 0.25) is 0 Å². The van der Waals surface area contributed by atoms with Gasteiger partial charge in [-0.1, -0.05) is 43.2 Å². The molecule has 0 radical (unpaired) electrons. The van der Waals surface area contributed by atoms with Gasteiger partial charge in [-0.15, -0.1) is 0 Å². The zero-order valence-corrected chi connectivity index (χ0v) is 19.9. The minimum absolute atomic E-state index is 0.00232. The Labute approximate surface area is 203 Å². The Balaban J connectivity index is 1.44. The van der Waals surface area contributed by atoms with Crippen molar-refractivity contribution in [2.24, 2.45) is 5.92 Å². The number of urea groups is 1. The number of halogens is 1. The molecule has 2 aliphatic heterocycles. The third-order valence-corrected chi connectivity index (χ3v) is 7.90. The molecule has 186 valence electrons. The van der Waals surface area contributed by atoms with Gasteiger partial charge < -0.3 is 15.0 Å². The molecule has 0 aromatic heterocycles. The fourth-order valence-corrected chi connectivity index (χ4v) is 5.58. The van der Waals surface area contributed by atoms with E-state index in [1.165, 1.54) is 17.7 Å². The lowest BCUT2D eigenvalue weighted by Crippen LogP contribution is -2.43. The van der Waals surface area contributed by atoms with Crippen LogP contribution in [0, 0.1) is 11.7 Å². The quantitative estimate of drug-likeness (QED) is 0.605. The zero-order chi connectivity index (χ0) is 24.6. The third kappa shape index (κ3) is 5.04. The number of ether oxygens (including phenoxy) is 1. The van der Waals surface area contributed by atoms with Crippen LogP contribution in [0.4, 0.5) is 14.9 Å². The number of nitrogens with zero attached hydrogens (tertiary/aromatic N) is 2. The van der Waals surface area contributed by atoms with E-state index in [9.17, 15) is 18.0 Å². The number of hydrogen-bond acceptors (Lipinski definition) is 5. The van der Waals surface area contributed by atoms with Crippen LogP contribution in [0.3, 0.4) is 0 Å². The van der Waals surface area contributed by atoms with Gasteiger partial charge in [-0.2, -0.15) is 8.42 Å². The van der Waals surface area contributed by atoms with E-state index in [0.29, 0.717) is 35.3 Å². The Kier molecular flexibility index (Phi) is 6.26. The lowest BCUT2D eigenvalue weighted by Gasteiger charge is -2.31. The summed E-state index contributed by atoms with van der Waals surface area (Å²) < 4.78 is 49.6. The Morgan fingerprint density at radius 2 is 1.97 bits per heavy atom. The molecule has 1 saturated heterocycles. The van der Waals surface area contributed by atoms with Gasteiger partial charge >= 0.3 is 16.2 Å². The monoisotopic (exact) mass is 502 g/mol. The van der Waals surface area contributed by atoms with Crippen LogP contribution in [0.25, 0.3) is 0 Å². The molecule has 0 atom stereocenters. The molecule has 1 saturated carbocycles. The van der Waals surface area contributed by atoms with Crippen LogP contribution in [-0.2, 0) is 34.6 Å². The van der Waals surface area contributed by atoms with E-state index < -0.39 is 28.5 Å². The van der Waals surface area contributed by atoms with Gasteiger partial charge in [-0.25, -0.2) is 18.2 Å². The Morgan fingerprint density at radius 3 is 2.66 bits per heavy atom. The maximum Gasteiger partial charge on any atom is 0.326 e.